The van der Waals surface area contributed by atoms with E-state index >= 15 is 0 Å². The van der Waals surface area contributed by atoms with Crippen LogP contribution in [0, 0.1) is 11.6 Å². The Morgan fingerprint density at radius 1 is 1.25 bits per heavy atom. The van der Waals surface area contributed by atoms with Gasteiger partial charge in [-0.2, -0.15) is 4.98 Å². The number of aromatic nitrogens is 2. The molecule has 0 saturated carbocycles. The van der Waals surface area contributed by atoms with E-state index < -0.39 is 17.7 Å². The summed E-state index contributed by atoms with van der Waals surface area (Å²) in [6.07, 6.45) is 0.850. The Kier molecular flexibility index (Phi) is 4.77. The van der Waals surface area contributed by atoms with Gasteiger partial charge < -0.3 is 14.2 Å². The predicted molar refractivity (Wildman–Crippen MR) is 95.2 cm³/mol. The average molecular weight is 385 g/mol. The van der Waals surface area contributed by atoms with Crippen molar-refractivity contribution in [3.8, 4) is 17.1 Å². The number of carbonyl (C=O) groups is 1. The van der Waals surface area contributed by atoms with Crippen molar-refractivity contribution in [1.82, 2.24) is 15.0 Å². The first kappa shape index (κ1) is 18.1. The summed E-state index contributed by atoms with van der Waals surface area (Å²) in [5.74, 6) is -0.294. The first-order chi connectivity index (χ1) is 13.5. The molecule has 0 aliphatic carbocycles. The number of methoxy groups -OCH3 is 1. The molecular formula is C20H17F2N3O3. The molecule has 6 nitrogen and oxygen atoms in total. The second-order valence-corrected chi connectivity index (χ2v) is 6.51. The summed E-state index contributed by atoms with van der Waals surface area (Å²) in [7, 11) is 1.39. The van der Waals surface area contributed by atoms with Crippen LogP contribution in [0.3, 0.4) is 0 Å². The van der Waals surface area contributed by atoms with Crippen LogP contribution in [0.4, 0.5) is 8.78 Å². The van der Waals surface area contributed by atoms with Crippen molar-refractivity contribution < 1.29 is 22.8 Å². The van der Waals surface area contributed by atoms with E-state index in [2.05, 4.69) is 10.1 Å². The highest BCUT2D eigenvalue weighted by atomic mass is 19.1. The van der Waals surface area contributed by atoms with Crippen molar-refractivity contribution in [1.29, 1.82) is 0 Å². The fourth-order valence-corrected chi connectivity index (χ4v) is 3.31. The summed E-state index contributed by atoms with van der Waals surface area (Å²) in [4.78, 5) is 18.3. The number of ether oxygens (including phenoxy) is 1. The Balaban J connectivity index is 1.57. The predicted octanol–water partition coefficient (Wildman–Crippen LogP) is 3.89. The number of halogens is 2. The van der Waals surface area contributed by atoms with Crippen molar-refractivity contribution in [2.45, 2.75) is 25.4 Å². The van der Waals surface area contributed by atoms with E-state index in [4.69, 9.17) is 9.26 Å². The van der Waals surface area contributed by atoms with Crippen LogP contribution in [0.2, 0.25) is 0 Å². The average Bonchev–Trinajstić information content (AvgIpc) is 3.30. The minimum absolute atomic E-state index is 0.0771. The number of benzene rings is 2. The molecule has 1 amide bonds. The van der Waals surface area contributed by atoms with Crippen molar-refractivity contribution in [3.05, 3.63) is 65.6 Å². The SMILES string of the molecule is COc1ccc(CN2C(=O)CCC2c2nc(-c3cccc(F)c3)no2)cc1F. The zero-order valence-electron chi connectivity index (χ0n) is 15.1. The van der Waals surface area contributed by atoms with Gasteiger partial charge in [0.05, 0.1) is 7.11 Å². The third-order valence-corrected chi connectivity index (χ3v) is 4.71. The lowest BCUT2D eigenvalue weighted by molar-refractivity contribution is -0.130. The van der Waals surface area contributed by atoms with E-state index in [-0.39, 0.29) is 29.9 Å². The highest BCUT2D eigenvalue weighted by Crippen LogP contribution is 2.34. The van der Waals surface area contributed by atoms with Gasteiger partial charge in [-0.3, -0.25) is 4.79 Å². The summed E-state index contributed by atoms with van der Waals surface area (Å²) >= 11 is 0. The molecule has 0 radical (unpaired) electrons. The summed E-state index contributed by atoms with van der Waals surface area (Å²) in [6.45, 7) is 0.210. The van der Waals surface area contributed by atoms with Gasteiger partial charge >= 0.3 is 0 Å². The maximum Gasteiger partial charge on any atom is 0.249 e. The van der Waals surface area contributed by atoms with Crippen LogP contribution >= 0.6 is 0 Å². The van der Waals surface area contributed by atoms with Crippen LogP contribution in [-0.2, 0) is 11.3 Å². The van der Waals surface area contributed by atoms with E-state index in [0.29, 0.717) is 24.0 Å². The third kappa shape index (κ3) is 3.45. The Labute approximate surface area is 159 Å². The van der Waals surface area contributed by atoms with Crippen molar-refractivity contribution in [2.24, 2.45) is 0 Å². The molecule has 0 N–H and O–H groups in total. The molecule has 3 aromatic rings. The fraction of sp³-hybridized carbons (Fsp3) is 0.250. The summed E-state index contributed by atoms with van der Waals surface area (Å²) < 4.78 is 37.7. The molecule has 1 saturated heterocycles. The topological polar surface area (TPSA) is 68.5 Å². The molecule has 8 heteroatoms. The smallest absolute Gasteiger partial charge is 0.249 e. The zero-order valence-corrected chi connectivity index (χ0v) is 15.1. The lowest BCUT2D eigenvalue weighted by Gasteiger charge is -2.22. The highest BCUT2D eigenvalue weighted by Gasteiger charge is 2.36. The van der Waals surface area contributed by atoms with Gasteiger partial charge in [0.15, 0.2) is 11.6 Å². The van der Waals surface area contributed by atoms with Crippen LogP contribution in [0.1, 0.15) is 30.3 Å². The van der Waals surface area contributed by atoms with Gasteiger partial charge in [0.25, 0.3) is 0 Å². The number of nitrogens with zero attached hydrogens (tertiary/aromatic N) is 3. The van der Waals surface area contributed by atoms with E-state index in [0.717, 1.165) is 0 Å². The first-order valence-electron chi connectivity index (χ1n) is 8.76. The summed E-state index contributed by atoms with van der Waals surface area (Å²) in [5.41, 5.74) is 1.12. The van der Waals surface area contributed by atoms with E-state index in [9.17, 15) is 13.6 Å². The number of carbonyl (C=O) groups excluding carboxylic acids is 1. The maximum atomic E-state index is 14.0. The first-order valence-corrected chi connectivity index (χ1v) is 8.76. The molecular weight excluding hydrogens is 368 g/mol. The highest BCUT2D eigenvalue weighted by molar-refractivity contribution is 5.78. The molecule has 1 aliphatic rings. The van der Waals surface area contributed by atoms with Gasteiger partial charge in [0, 0.05) is 18.5 Å². The summed E-state index contributed by atoms with van der Waals surface area (Å²) in [5, 5.41) is 3.91. The van der Waals surface area contributed by atoms with Crippen LogP contribution in [0.5, 0.6) is 5.75 Å². The third-order valence-electron chi connectivity index (χ3n) is 4.71. The van der Waals surface area contributed by atoms with Crippen LogP contribution in [0.25, 0.3) is 11.4 Å². The van der Waals surface area contributed by atoms with E-state index in [1.165, 1.54) is 31.4 Å². The molecule has 144 valence electrons. The van der Waals surface area contributed by atoms with E-state index in [1.807, 2.05) is 0 Å². The Morgan fingerprint density at radius 3 is 2.86 bits per heavy atom. The minimum atomic E-state index is -0.491. The number of hydrogen-bond donors (Lipinski definition) is 0. The molecule has 1 atom stereocenters. The molecule has 0 spiro atoms. The number of rotatable bonds is 5. The van der Waals surface area contributed by atoms with Crippen LogP contribution < -0.4 is 4.74 Å². The quantitative estimate of drug-likeness (QED) is 0.667. The zero-order chi connectivity index (χ0) is 19.7. The van der Waals surface area contributed by atoms with Crippen molar-refractivity contribution >= 4 is 5.91 Å². The Bertz CT molecular complexity index is 1020. The molecule has 2 aromatic carbocycles. The standard InChI is InChI=1S/C20H17F2N3O3/c1-27-17-7-5-12(9-15(17)22)11-25-16(6-8-18(25)26)20-23-19(24-28-20)13-3-2-4-14(21)10-13/h2-5,7,9-10,16H,6,8,11H2,1H3. The molecule has 28 heavy (non-hydrogen) atoms. The second kappa shape index (κ2) is 7.38. The minimum Gasteiger partial charge on any atom is -0.494 e. The molecule has 1 unspecified atom stereocenters. The van der Waals surface area contributed by atoms with Gasteiger partial charge in [-0.05, 0) is 36.2 Å². The Hall–Kier alpha value is -3.29. The molecule has 0 bridgehead atoms. The second-order valence-electron chi connectivity index (χ2n) is 6.51. The van der Waals surface area contributed by atoms with Gasteiger partial charge in [-0.1, -0.05) is 23.4 Å². The van der Waals surface area contributed by atoms with E-state index in [1.54, 1.807) is 23.1 Å². The number of likely N-dealkylation sites (tertiary alicyclic amines) is 1. The largest absolute Gasteiger partial charge is 0.494 e. The van der Waals surface area contributed by atoms with Gasteiger partial charge in [0.2, 0.25) is 17.6 Å². The monoisotopic (exact) mass is 385 g/mol. The van der Waals surface area contributed by atoms with Crippen molar-refractivity contribution in [2.75, 3.05) is 7.11 Å². The maximum absolute atomic E-state index is 14.0. The van der Waals surface area contributed by atoms with Gasteiger partial charge in [-0.25, -0.2) is 8.78 Å². The molecule has 2 heterocycles. The number of amides is 1. The normalized spacial score (nSPS) is 16.6. The number of hydrogen-bond acceptors (Lipinski definition) is 5. The molecule has 4 rings (SSSR count). The summed E-state index contributed by atoms with van der Waals surface area (Å²) in [6, 6.07) is 10.0. The van der Waals surface area contributed by atoms with Gasteiger partial charge in [-0.15, -0.1) is 0 Å². The Morgan fingerprint density at radius 2 is 2.11 bits per heavy atom. The molecule has 1 fully saturated rings. The molecule has 1 aliphatic heterocycles. The lowest BCUT2D eigenvalue weighted by Crippen LogP contribution is -2.27. The fourth-order valence-electron chi connectivity index (χ4n) is 3.31. The molecule has 1 aromatic heterocycles. The lowest BCUT2D eigenvalue weighted by atomic mass is 10.1. The van der Waals surface area contributed by atoms with Gasteiger partial charge in [0.1, 0.15) is 11.9 Å². The van der Waals surface area contributed by atoms with Crippen LogP contribution in [0.15, 0.2) is 47.0 Å². The van der Waals surface area contributed by atoms with Crippen molar-refractivity contribution in [3.63, 3.8) is 0 Å². The van der Waals surface area contributed by atoms with Crippen LogP contribution in [-0.4, -0.2) is 28.1 Å².